The molecule has 1 saturated carbocycles. The van der Waals surface area contributed by atoms with Gasteiger partial charge in [-0.15, -0.1) is 5.10 Å². The van der Waals surface area contributed by atoms with E-state index in [0.717, 1.165) is 32.1 Å². The van der Waals surface area contributed by atoms with Gasteiger partial charge in [0.1, 0.15) is 23.2 Å². The van der Waals surface area contributed by atoms with Crippen LogP contribution < -0.4 is 16.4 Å². The van der Waals surface area contributed by atoms with E-state index in [0.29, 0.717) is 23.6 Å². The lowest BCUT2D eigenvalue weighted by Gasteiger charge is -2.37. The molecule has 1 aromatic carbocycles. The maximum Gasteiger partial charge on any atom is 0.287 e. The summed E-state index contributed by atoms with van der Waals surface area (Å²) in [4.78, 5) is 69.6. The van der Waals surface area contributed by atoms with E-state index in [9.17, 15) is 37.5 Å². The van der Waals surface area contributed by atoms with Crippen molar-refractivity contribution in [1.29, 1.82) is 0 Å². The molecule has 53 heavy (non-hydrogen) atoms. The van der Waals surface area contributed by atoms with Crippen molar-refractivity contribution in [2.24, 2.45) is 11.7 Å². The highest BCUT2D eigenvalue weighted by atomic mass is 32.2. The number of aliphatic hydroxyl groups is 1. The lowest BCUT2D eigenvalue weighted by molar-refractivity contribution is -0.145. The molecule has 0 bridgehead atoms. The molecule has 3 aliphatic rings. The van der Waals surface area contributed by atoms with Gasteiger partial charge in [-0.2, -0.15) is 11.8 Å². The number of nitrogens with one attached hydrogen (secondary N) is 2. The zero-order valence-electron chi connectivity index (χ0n) is 30.7. The molecule has 3 heterocycles. The molecule has 3 fully saturated rings. The van der Waals surface area contributed by atoms with Crippen LogP contribution >= 0.6 is 11.8 Å². The third-order valence-corrected chi connectivity index (χ3v) is 13.9. The molecule has 1 aromatic heterocycles. The zero-order chi connectivity index (χ0) is 38.7. The van der Waals surface area contributed by atoms with E-state index in [1.165, 1.54) is 40.0 Å². The first-order valence-corrected chi connectivity index (χ1v) is 21.0. The Kier molecular flexibility index (Phi) is 12.4. The van der Waals surface area contributed by atoms with Crippen molar-refractivity contribution in [1.82, 2.24) is 30.5 Å². The molecule has 0 radical (unpaired) electrons. The molecule has 15 nitrogen and oxygen atoms in total. The Bertz CT molecular complexity index is 1790. The molecular formula is C36H51N7O8S2. The molecule has 0 spiro atoms. The average Bonchev–Trinajstić information content (AvgIpc) is 3.80. The lowest BCUT2D eigenvalue weighted by Crippen LogP contribution is -2.63. The van der Waals surface area contributed by atoms with Gasteiger partial charge in [0.25, 0.3) is 11.8 Å². The Morgan fingerprint density at radius 3 is 2.28 bits per heavy atom. The fourth-order valence-electron chi connectivity index (χ4n) is 7.61. The number of nitrogens with two attached hydrogens (primary N) is 1. The van der Waals surface area contributed by atoms with Crippen molar-refractivity contribution in [2.45, 2.75) is 125 Å². The second-order valence-corrected chi connectivity index (χ2v) is 19.0. The van der Waals surface area contributed by atoms with Gasteiger partial charge in [-0.05, 0) is 88.6 Å². The molecule has 17 heteroatoms. The van der Waals surface area contributed by atoms with Gasteiger partial charge in [0, 0.05) is 18.5 Å². The molecule has 290 valence electrons. The first-order valence-electron chi connectivity index (χ1n) is 18.3. The van der Waals surface area contributed by atoms with Crippen LogP contribution in [0.5, 0.6) is 0 Å². The maximum absolute atomic E-state index is 14.8. The summed E-state index contributed by atoms with van der Waals surface area (Å²) in [6.45, 7) is 6.28. The van der Waals surface area contributed by atoms with Crippen molar-refractivity contribution in [3.05, 3.63) is 41.7 Å². The number of benzene rings is 1. The van der Waals surface area contributed by atoms with Gasteiger partial charge in [0.2, 0.25) is 17.6 Å². The van der Waals surface area contributed by atoms with Crippen LogP contribution in [0.15, 0.2) is 35.4 Å². The minimum Gasteiger partial charge on any atom is -0.384 e. The van der Waals surface area contributed by atoms with Crippen LogP contribution in [-0.4, -0.2) is 104 Å². The Hall–Kier alpha value is -3.83. The number of rotatable bonds is 13. The van der Waals surface area contributed by atoms with Crippen molar-refractivity contribution >= 4 is 51.0 Å². The van der Waals surface area contributed by atoms with Crippen LogP contribution in [-0.2, 0) is 34.6 Å². The van der Waals surface area contributed by atoms with Gasteiger partial charge in [0.15, 0.2) is 9.84 Å². The first-order chi connectivity index (χ1) is 24.9. The molecular weight excluding hydrogens is 723 g/mol. The monoisotopic (exact) mass is 773 g/mol. The van der Waals surface area contributed by atoms with Gasteiger partial charge >= 0.3 is 0 Å². The third-order valence-electron chi connectivity index (χ3n) is 10.7. The molecule has 5 rings (SSSR count). The number of amides is 4. The molecule has 1 aliphatic carbocycles. The van der Waals surface area contributed by atoms with Crippen molar-refractivity contribution in [3.63, 3.8) is 0 Å². The van der Waals surface area contributed by atoms with Gasteiger partial charge in [0.05, 0.1) is 28.1 Å². The highest BCUT2D eigenvalue weighted by Gasteiger charge is 2.49. The van der Waals surface area contributed by atoms with E-state index in [1.54, 1.807) is 39.5 Å². The summed E-state index contributed by atoms with van der Waals surface area (Å²) in [7, 11) is -3.57. The number of carbonyl (C=O) groups excluding carboxylic acids is 5. The number of sulfone groups is 1. The molecule has 2 saturated heterocycles. The Labute approximate surface area is 314 Å². The fraction of sp³-hybridized carbons (Fsp3) is 0.639. The number of thioether (sulfide) groups is 1. The van der Waals surface area contributed by atoms with Gasteiger partial charge < -0.3 is 26.4 Å². The van der Waals surface area contributed by atoms with Crippen molar-refractivity contribution in [2.75, 3.05) is 18.1 Å². The van der Waals surface area contributed by atoms with Crippen molar-refractivity contribution in [3.8, 4) is 0 Å². The number of primary amides is 1. The molecule has 2 aromatic rings. The topological polar surface area (TPSA) is 224 Å². The van der Waals surface area contributed by atoms with E-state index in [4.69, 9.17) is 5.73 Å². The van der Waals surface area contributed by atoms with E-state index in [-0.39, 0.29) is 42.2 Å². The van der Waals surface area contributed by atoms with Gasteiger partial charge in [-0.3, -0.25) is 24.0 Å². The summed E-state index contributed by atoms with van der Waals surface area (Å²) in [6.07, 6.45) is 6.98. The number of Topliss-reactive ketones (excluding diaryl/α,β-unsaturated/α-hetero) is 1. The number of hydrogen-bond acceptors (Lipinski definition) is 11. The van der Waals surface area contributed by atoms with Crippen molar-refractivity contribution < 1.29 is 37.5 Å². The Balaban J connectivity index is 1.48. The fourth-order valence-corrected chi connectivity index (χ4v) is 9.86. The quantitative estimate of drug-likeness (QED) is 0.216. The minimum atomic E-state index is -3.57. The predicted molar refractivity (Wildman–Crippen MR) is 197 cm³/mol. The van der Waals surface area contributed by atoms with Crippen LogP contribution in [0.3, 0.4) is 0 Å². The largest absolute Gasteiger partial charge is 0.384 e. The number of carbonyl (C=O) groups is 5. The van der Waals surface area contributed by atoms with Crippen LogP contribution in [0.25, 0.3) is 0 Å². The third kappa shape index (κ3) is 8.94. The smallest absolute Gasteiger partial charge is 0.287 e. The highest BCUT2D eigenvalue weighted by molar-refractivity contribution is 7.99. The average molecular weight is 774 g/mol. The Morgan fingerprint density at radius 1 is 1.06 bits per heavy atom. The second kappa shape index (κ2) is 16.3. The number of nitrogens with zero attached hydrogens (tertiary/aromatic N) is 4. The Morgan fingerprint density at radius 2 is 1.70 bits per heavy atom. The van der Waals surface area contributed by atoms with E-state index in [1.807, 2.05) is 0 Å². The summed E-state index contributed by atoms with van der Waals surface area (Å²) in [5.41, 5.74) is 3.12. The first kappa shape index (κ1) is 40.4. The molecule has 4 amide bonds. The lowest BCUT2D eigenvalue weighted by atomic mass is 9.84. The van der Waals surface area contributed by atoms with Gasteiger partial charge in [-0.25, -0.2) is 13.1 Å². The molecule has 5 N–H and O–H groups in total. The molecule has 2 unspecified atom stereocenters. The number of likely N-dealkylation sites (tertiary alicyclic amines) is 1. The van der Waals surface area contributed by atoms with E-state index in [2.05, 4.69) is 20.9 Å². The summed E-state index contributed by atoms with van der Waals surface area (Å²) in [5, 5.41) is 24.2. The maximum atomic E-state index is 14.8. The molecule has 2 aliphatic heterocycles. The summed E-state index contributed by atoms with van der Waals surface area (Å²) in [6, 6.07) is 2.79. The number of aromatic nitrogens is 3. The second-order valence-electron chi connectivity index (χ2n) is 15.3. The standard InChI is InChI=1S/C36H51N7O8S2/c1-22(2)53(50,51)26-12-10-24(11-13-26)32(46)39-27(18-23-8-6-5-7-9-23)34(48)42-21-25(43-29(20-38-41-43)35(3,4)49)19-28(42)33(47)40-36(30(44)31(37)45)14-16-52-17-15-36/h10-13,20,22-23,25,27-28,49H,5-9,14-19,21H2,1-4H3,(H2,37,45)(H,39,46)(H,40,47)/t25?,27-,28?/m1/s1. The molecule has 3 atom stereocenters. The van der Waals surface area contributed by atoms with Crippen LogP contribution in [0.2, 0.25) is 0 Å². The van der Waals surface area contributed by atoms with E-state index >= 15 is 0 Å². The predicted octanol–water partition coefficient (Wildman–Crippen LogP) is 2.04. The minimum absolute atomic E-state index is 0.0191. The van der Waals surface area contributed by atoms with Crippen LogP contribution in [0, 0.1) is 5.92 Å². The highest BCUT2D eigenvalue weighted by Crippen LogP contribution is 2.35. The summed E-state index contributed by atoms with van der Waals surface area (Å²) < 4.78 is 26.9. The van der Waals surface area contributed by atoms with Gasteiger partial charge in [-0.1, -0.05) is 37.3 Å². The summed E-state index contributed by atoms with van der Waals surface area (Å²) in [5.74, 6) is -2.61. The SMILES string of the molecule is CC(C)S(=O)(=O)c1ccc(C(=O)N[C@H](CC2CCCCC2)C(=O)N2CC(n3nncc3C(C)(C)O)CC2C(=O)NC2(C(=O)C(N)=O)CCSCC2)cc1. The number of ketones is 1. The van der Waals surface area contributed by atoms with Crippen LogP contribution in [0.1, 0.15) is 108 Å². The van der Waals surface area contributed by atoms with E-state index < -0.39 is 73.8 Å². The summed E-state index contributed by atoms with van der Waals surface area (Å²) >= 11 is 1.59. The normalized spacial score (nSPS) is 21.6. The van der Waals surface area contributed by atoms with Crippen LogP contribution in [0.4, 0.5) is 0 Å². The zero-order valence-corrected chi connectivity index (χ0v) is 32.4. The number of hydrogen-bond donors (Lipinski definition) is 4.